The van der Waals surface area contributed by atoms with E-state index in [-0.39, 0.29) is 5.91 Å². The average molecular weight is 379 g/mol. The molecule has 132 valence electrons. The summed E-state index contributed by atoms with van der Waals surface area (Å²) in [6, 6.07) is 13.1. The minimum Gasteiger partial charge on any atom is -0.379 e. The van der Waals surface area contributed by atoms with Crippen molar-refractivity contribution < 1.29 is 9.53 Å². The van der Waals surface area contributed by atoms with Crippen molar-refractivity contribution in [3.05, 3.63) is 69.2 Å². The Kier molecular flexibility index (Phi) is 6.32. The standard InChI is InChI=1S/C19H20Cl2N2O2/c20-16-5-6-18(21)17(11-16)19(24)22-12-14-1-3-15(4-2-14)13-23-7-9-25-10-8-23/h1-6,11H,7-10,12-13H2,(H,22,24). The van der Waals surface area contributed by atoms with Gasteiger partial charge in [-0.2, -0.15) is 0 Å². The van der Waals surface area contributed by atoms with Gasteiger partial charge in [0, 0.05) is 31.2 Å². The lowest BCUT2D eigenvalue weighted by molar-refractivity contribution is 0.0342. The quantitative estimate of drug-likeness (QED) is 0.860. The molecule has 2 aromatic carbocycles. The number of amides is 1. The van der Waals surface area contributed by atoms with Gasteiger partial charge in [-0.05, 0) is 29.3 Å². The number of nitrogens with one attached hydrogen (secondary N) is 1. The Bertz CT molecular complexity index is 729. The molecule has 3 rings (SSSR count). The van der Waals surface area contributed by atoms with Crippen LogP contribution in [0.15, 0.2) is 42.5 Å². The van der Waals surface area contributed by atoms with E-state index in [1.165, 1.54) is 5.56 Å². The molecule has 1 amide bonds. The van der Waals surface area contributed by atoms with E-state index in [0.717, 1.165) is 38.4 Å². The molecule has 1 aliphatic heterocycles. The van der Waals surface area contributed by atoms with E-state index in [4.69, 9.17) is 27.9 Å². The lowest BCUT2D eigenvalue weighted by Crippen LogP contribution is -2.35. The molecule has 0 bridgehead atoms. The van der Waals surface area contributed by atoms with Crippen LogP contribution in [0.1, 0.15) is 21.5 Å². The maximum absolute atomic E-state index is 12.2. The molecule has 0 radical (unpaired) electrons. The second-order valence-electron chi connectivity index (χ2n) is 6.01. The van der Waals surface area contributed by atoms with Crippen molar-refractivity contribution in [3.63, 3.8) is 0 Å². The van der Waals surface area contributed by atoms with Gasteiger partial charge < -0.3 is 10.1 Å². The van der Waals surface area contributed by atoms with Crippen molar-refractivity contribution in [2.75, 3.05) is 26.3 Å². The summed E-state index contributed by atoms with van der Waals surface area (Å²) in [5.74, 6) is -0.232. The summed E-state index contributed by atoms with van der Waals surface area (Å²) in [4.78, 5) is 14.6. The predicted octanol–water partition coefficient (Wildman–Crippen LogP) is 3.76. The minimum absolute atomic E-state index is 0.232. The molecule has 1 aliphatic rings. The van der Waals surface area contributed by atoms with Gasteiger partial charge in [0.05, 0.1) is 23.8 Å². The number of hydrogen-bond donors (Lipinski definition) is 1. The SMILES string of the molecule is O=C(NCc1ccc(CN2CCOCC2)cc1)c1cc(Cl)ccc1Cl. The number of nitrogens with zero attached hydrogens (tertiary/aromatic N) is 1. The summed E-state index contributed by atoms with van der Waals surface area (Å²) in [5.41, 5.74) is 2.69. The Balaban J connectivity index is 1.54. The Morgan fingerprint density at radius 3 is 2.44 bits per heavy atom. The molecule has 4 nitrogen and oxygen atoms in total. The molecule has 0 unspecified atom stereocenters. The second-order valence-corrected chi connectivity index (χ2v) is 6.86. The largest absolute Gasteiger partial charge is 0.379 e. The normalized spacial score (nSPS) is 15.1. The van der Waals surface area contributed by atoms with Gasteiger partial charge in [-0.3, -0.25) is 9.69 Å². The molecular weight excluding hydrogens is 359 g/mol. The molecule has 0 aliphatic carbocycles. The van der Waals surface area contributed by atoms with Gasteiger partial charge in [0.15, 0.2) is 0 Å². The van der Waals surface area contributed by atoms with E-state index in [0.29, 0.717) is 22.2 Å². The molecule has 6 heteroatoms. The molecule has 0 saturated carbocycles. The monoisotopic (exact) mass is 378 g/mol. The van der Waals surface area contributed by atoms with Gasteiger partial charge in [0.2, 0.25) is 0 Å². The van der Waals surface area contributed by atoms with Gasteiger partial charge >= 0.3 is 0 Å². The van der Waals surface area contributed by atoms with Crippen molar-refractivity contribution in [3.8, 4) is 0 Å². The molecule has 0 aromatic heterocycles. The first-order valence-electron chi connectivity index (χ1n) is 8.23. The van der Waals surface area contributed by atoms with Crippen LogP contribution in [0.5, 0.6) is 0 Å². The van der Waals surface area contributed by atoms with Crippen LogP contribution in [0.4, 0.5) is 0 Å². The van der Waals surface area contributed by atoms with Gasteiger partial charge in [0.1, 0.15) is 0 Å². The first-order chi connectivity index (χ1) is 12.1. The van der Waals surface area contributed by atoms with E-state index >= 15 is 0 Å². The third kappa shape index (κ3) is 5.19. The van der Waals surface area contributed by atoms with Crippen LogP contribution in [0.2, 0.25) is 10.0 Å². The van der Waals surface area contributed by atoms with Crippen molar-refractivity contribution in [1.82, 2.24) is 10.2 Å². The van der Waals surface area contributed by atoms with Gasteiger partial charge in [0.25, 0.3) is 5.91 Å². The van der Waals surface area contributed by atoms with Crippen molar-refractivity contribution >= 4 is 29.1 Å². The van der Waals surface area contributed by atoms with E-state index in [1.807, 2.05) is 12.1 Å². The van der Waals surface area contributed by atoms with Gasteiger partial charge in [-0.15, -0.1) is 0 Å². The zero-order valence-electron chi connectivity index (χ0n) is 13.8. The first kappa shape index (κ1) is 18.2. The second kappa shape index (κ2) is 8.68. The summed E-state index contributed by atoms with van der Waals surface area (Å²) in [7, 11) is 0. The molecule has 1 saturated heterocycles. The van der Waals surface area contributed by atoms with Crippen LogP contribution >= 0.6 is 23.2 Å². The Morgan fingerprint density at radius 2 is 1.72 bits per heavy atom. The van der Waals surface area contributed by atoms with Crippen LogP contribution in [0, 0.1) is 0 Å². The van der Waals surface area contributed by atoms with E-state index in [1.54, 1.807) is 18.2 Å². The summed E-state index contributed by atoms with van der Waals surface area (Å²) in [6.45, 7) is 4.91. The summed E-state index contributed by atoms with van der Waals surface area (Å²) >= 11 is 12.0. The molecule has 0 spiro atoms. The van der Waals surface area contributed by atoms with Crippen molar-refractivity contribution in [2.24, 2.45) is 0 Å². The number of halogens is 2. The van der Waals surface area contributed by atoms with E-state index in [9.17, 15) is 4.79 Å². The molecule has 1 heterocycles. The first-order valence-corrected chi connectivity index (χ1v) is 8.98. The fourth-order valence-electron chi connectivity index (χ4n) is 2.73. The third-order valence-electron chi connectivity index (χ3n) is 4.16. The zero-order chi connectivity index (χ0) is 17.6. The van der Waals surface area contributed by atoms with Crippen molar-refractivity contribution in [2.45, 2.75) is 13.1 Å². The fourth-order valence-corrected chi connectivity index (χ4v) is 3.10. The maximum atomic E-state index is 12.2. The topological polar surface area (TPSA) is 41.6 Å². The van der Waals surface area contributed by atoms with Gasteiger partial charge in [-0.1, -0.05) is 47.5 Å². The highest BCUT2D eigenvalue weighted by atomic mass is 35.5. The Hall–Kier alpha value is -1.59. The van der Waals surface area contributed by atoms with Crippen molar-refractivity contribution in [1.29, 1.82) is 0 Å². The van der Waals surface area contributed by atoms with Crippen LogP contribution in [0.25, 0.3) is 0 Å². The predicted molar refractivity (Wildman–Crippen MR) is 100 cm³/mol. The number of hydrogen-bond acceptors (Lipinski definition) is 3. The molecular formula is C19H20Cl2N2O2. The number of carbonyl (C=O) groups excluding carboxylic acids is 1. The highest BCUT2D eigenvalue weighted by Crippen LogP contribution is 2.20. The smallest absolute Gasteiger partial charge is 0.253 e. The van der Waals surface area contributed by atoms with Crippen LogP contribution in [-0.2, 0) is 17.8 Å². The zero-order valence-corrected chi connectivity index (χ0v) is 15.3. The molecule has 1 fully saturated rings. The Morgan fingerprint density at radius 1 is 1.04 bits per heavy atom. The fraction of sp³-hybridized carbons (Fsp3) is 0.316. The Labute approximate surface area is 157 Å². The lowest BCUT2D eigenvalue weighted by atomic mass is 10.1. The summed E-state index contributed by atoms with van der Waals surface area (Å²) in [5, 5.41) is 3.75. The van der Waals surface area contributed by atoms with E-state index < -0.39 is 0 Å². The molecule has 0 atom stereocenters. The third-order valence-corrected chi connectivity index (χ3v) is 4.72. The highest BCUT2D eigenvalue weighted by molar-refractivity contribution is 6.35. The summed E-state index contributed by atoms with van der Waals surface area (Å²) < 4.78 is 5.36. The average Bonchev–Trinajstić information content (AvgIpc) is 2.64. The van der Waals surface area contributed by atoms with Crippen LogP contribution in [0.3, 0.4) is 0 Å². The number of ether oxygens (including phenoxy) is 1. The van der Waals surface area contributed by atoms with Gasteiger partial charge in [-0.25, -0.2) is 0 Å². The number of benzene rings is 2. The van der Waals surface area contributed by atoms with E-state index in [2.05, 4.69) is 22.3 Å². The summed E-state index contributed by atoms with van der Waals surface area (Å²) in [6.07, 6.45) is 0. The lowest BCUT2D eigenvalue weighted by Gasteiger charge is -2.26. The number of rotatable bonds is 5. The number of morpholine rings is 1. The molecule has 1 N–H and O–H groups in total. The highest BCUT2D eigenvalue weighted by Gasteiger charge is 2.12. The molecule has 2 aromatic rings. The van der Waals surface area contributed by atoms with Crippen LogP contribution in [-0.4, -0.2) is 37.1 Å². The maximum Gasteiger partial charge on any atom is 0.253 e. The number of carbonyl (C=O) groups is 1. The molecule has 25 heavy (non-hydrogen) atoms. The van der Waals surface area contributed by atoms with Crippen LogP contribution < -0.4 is 5.32 Å². The minimum atomic E-state index is -0.232.